The maximum Gasteiger partial charge on any atom is 0.175 e. The van der Waals surface area contributed by atoms with Crippen LogP contribution in [0.2, 0.25) is 0 Å². The number of aliphatic hydroxyl groups is 1. The van der Waals surface area contributed by atoms with E-state index in [4.69, 9.17) is 9.94 Å². The Labute approximate surface area is 156 Å². The first-order chi connectivity index (χ1) is 12.6. The van der Waals surface area contributed by atoms with E-state index < -0.39 is 6.29 Å². The minimum Gasteiger partial charge on any atom is -0.411 e. The second-order valence-corrected chi connectivity index (χ2v) is 9.27. The fourth-order valence-electron chi connectivity index (χ4n) is 7.82. The highest BCUT2D eigenvalue weighted by Crippen LogP contribution is 2.68. The lowest BCUT2D eigenvalue weighted by Gasteiger charge is -2.57. The SMILES string of the molecule is CC[C@]12CCC3C(CCC4=C/C(=N/O)CC[C@@H]43)C1CC[C@@]21C=CC(O)O1. The lowest BCUT2D eigenvalue weighted by atomic mass is 9.49. The minimum absolute atomic E-state index is 0.204. The predicted octanol–water partition coefficient (Wildman–Crippen LogP) is 4.42. The van der Waals surface area contributed by atoms with Gasteiger partial charge in [0.2, 0.25) is 0 Å². The van der Waals surface area contributed by atoms with Crippen molar-refractivity contribution in [3.8, 4) is 0 Å². The van der Waals surface area contributed by atoms with Crippen molar-refractivity contribution in [2.75, 3.05) is 0 Å². The molecular weight excluding hydrogens is 326 g/mol. The number of ether oxygens (including phenoxy) is 1. The third-order valence-electron chi connectivity index (χ3n) is 8.81. The number of oxime groups is 1. The molecular formula is C22H31NO3. The summed E-state index contributed by atoms with van der Waals surface area (Å²) in [4.78, 5) is 0. The normalized spacial score (nSPS) is 51.2. The Kier molecular flexibility index (Phi) is 3.88. The predicted molar refractivity (Wildman–Crippen MR) is 99.9 cm³/mol. The van der Waals surface area contributed by atoms with E-state index in [0.29, 0.717) is 5.92 Å². The zero-order valence-corrected chi connectivity index (χ0v) is 15.7. The molecule has 3 saturated carbocycles. The second kappa shape index (κ2) is 5.93. The Morgan fingerprint density at radius 2 is 2.04 bits per heavy atom. The summed E-state index contributed by atoms with van der Waals surface area (Å²) < 4.78 is 6.18. The molecule has 26 heavy (non-hydrogen) atoms. The molecule has 1 aliphatic heterocycles. The van der Waals surface area contributed by atoms with Gasteiger partial charge in [-0.15, -0.1) is 0 Å². The van der Waals surface area contributed by atoms with Crippen LogP contribution in [0.1, 0.15) is 64.7 Å². The maximum atomic E-state index is 10.0. The van der Waals surface area contributed by atoms with Crippen molar-refractivity contribution in [1.29, 1.82) is 0 Å². The third-order valence-corrected chi connectivity index (χ3v) is 8.81. The van der Waals surface area contributed by atoms with Gasteiger partial charge in [-0.3, -0.25) is 0 Å². The third kappa shape index (κ3) is 2.12. The monoisotopic (exact) mass is 357 g/mol. The average molecular weight is 357 g/mol. The molecule has 0 aromatic rings. The number of allylic oxidation sites excluding steroid dienone is 2. The van der Waals surface area contributed by atoms with Crippen LogP contribution in [0.15, 0.2) is 29.0 Å². The minimum atomic E-state index is -0.717. The molecule has 0 aromatic heterocycles. The first-order valence-corrected chi connectivity index (χ1v) is 10.6. The van der Waals surface area contributed by atoms with Gasteiger partial charge in [-0.25, -0.2) is 0 Å². The van der Waals surface area contributed by atoms with Gasteiger partial charge in [0.1, 0.15) is 0 Å². The Hall–Kier alpha value is -1.13. The van der Waals surface area contributed by atoms with Crippen molar-refractivity contribution in [3.05, 3.63) is 23.8 Å². The number of hydrogen-bond donors (Lipinski definition) is 2. The summed E-state index contributed by atoms with van der Waals surface area (Å²) in [7, 11) is 0. The molecule has 0 amide bonds. The summed E-state index contributed by atoms with van der Waals surface area (Å²) >= 11 is 0. The first kappa shape index (κ1) is 17.0. The fourth-order valence-corrected chi connectivity index (χ4v) is 7.82. The summed E-state index contributed by atoms with van der Waals surface area (Å²) in [6, 6.07) is 0. The highest BCUT2D eigenvalue weighted by Gasteiger charge is 2.65. The summed E-state index contributed by atoms with van der Waals surface area (Å²) in [6.07, 6.45) is 16.0. The van der Waals surface area contributed by atoms with Crippen molar-refractivity contribution < 1.29 is 15.1 Å². The standard InChI is InChI=1S/C22H31NO3/c1-2-21-10-7-17-16-6-4-15(23-25)13-14(16)3-5-18(17)19(21)8-11-22(21)12-9-20(24)26-22/h9,12-13,16-20,24-25H,2-8,10-11H2,1H3/b23-15+/t16-,17?,18?,19?,20?,21-,22+/m0/s1. The van der Waals surface area contributed by atoms with Crippen LogP contribution in [-0.2, 0) is 4.74 Å². The van der Waals surface area contributed by atoms with Gasteiger partial charge >= 0.3 is 0 Å². The van der Waals surface area contributed by atoms with Gasteiger partial charge < -0.3 is 15.1 Å². The molecule has 5 rings (SSSR count). The largest absolute Gasteiger partial charge is 0.411 e. The van der Waals surface area contributed by atoms with Gasteiger partial charge in [0.05, 0.1) is 11.3 Å². The number of rotatable bonds is 1. The summed E-state index contributed by atoms with van der Waals surface area (Å²) in [6.45, 7) is 2.33. The smallest absolute Gasteiger partial charge is 0.175 e. The summed E-state index contributed by atoms with van der Waals surface area (Å²) in [5.74, 6) is 2.98. The molecule has 1 heterocycles. The molecule has 7 atom stereocenters. The van der Waals surface area contributed by atoms with Crippen LogP contribution in [0.3, 0.4) is 0 Å². The van der Waals surface area contributed by atoms with Crippen molar-refractivity contribution >= 4 is 5.71 Å². The van der Waals surface area contributed by atoms with Gasteiger partial charge in [-0.1, -0.05) is 23.7 Å². The van der Waals surface area contributed by atoms with Gasteiger partial charge in [0, 0.05) is 5.41 Å². The zero-order valence-electron chi connectivity index (χ0n) is 15.7. The lowest BCUT2D eigenvalue weighted by Crippen LogP contribution is -2.53. The number of hydrogen-bond acceptors (Lipinski definition) is 4. The van der Waals surface area contributed by atoms with E-state index in [2.05, 4.69) is 24.2 Å². The molecule has 5 aliphatic rings. The summed E-state index contributed by atoms with van der Waals surface area (Å²) in [5, 5.41) is 22.7. The van der Waals surface area contributed by atoms with Gasteiger partial charge in [-0.05, 0) is 93.6 Å². The highest BCUT2D eigenvalue weighted by atomic mass is 16.6. The van der Waals surface area contributed by atoms with Crippen LogP contribution in [-0.4, -0.2) is 27.9 Å². The molecule has 4 aliphatic carbocycles. The Morgan fingerprint density at radius 3 is 2.77 bits per heavy atom. The molecule has 3 fully saturated rings. The number of aliphatic hydroxyl groups excluding tert-OH is 1. The van der Waals surface area contributed by atoms with E-state index in [1.165, 1.54) is 31.3 Å². The quantitative estimate of drug-likeness (QED) is 0.415. The van der Waals surface area contributed by atoms with E-state index in [1.54, 1.807) is 0 Å². The topological polar surface area (TPSA) is 62.1 Å². The molecule has 0 bridgehead atoms. The van der Waals surface area contributed by atoms with Gasteiger partial charge in [0.25, 0.3) is 0 Å². The number of fused-ring (bicyclic) bond motifs is 6. The Morgan fingerprint density at radius 1 is 1.15 bits per heavy atom. The number of nitrogens with zero attached hydrogens (tertiary/aromatic N) is 1. The average Bonchev–Trinajstić information content (AvgIpc) is 3.22. The molecule has 2 N–H and O–H groups in total. The molecule has 0 radical (unpaired) electrons. The van der Waals surface area contributed by atoms with Crippen LogP contribution in [0.4, 0.5) is 0 Å². The van der Waals surface area contributed by atoms with E-state index in [1.807, 2.05) is 6.08 Å². The first-order valence-electron chi connectivity index (χ1n) is 10.6. The maximum absolute atomic E-state index is 10.0. The molecule has 0 saturated heterocycles. The van der Waals surface area contributed by atoms with Crippen LogP contribution in [0.5, 0.6) is 0 Å². The van der Waals surface area contributed by atoms with Crippen LogP contribution >= 0.6 is 0 Å². The molecule has 4 unspecified atom stereocenters. The van der Waals surface area contributed by atoms with Crippen molar-refractivity contribution in [2.45, 2.75) is 76.6 Å². The van der Waals surface area contributed by atoms with E-state index >= 15 is 0 Å². The van der Waals surface area contributed by atoms with E-state index in [9.17, 15) is 5.11 Å². The van der Waals surface area contributed by atoms with Crippen LogP contribution in [0, 0.1) is 29.1 Å². The van der Waals surface area contributed by atoms with Gasteiger partial charge in [0.15, 0.2) is 6.29 Å². The Balaban J connectivity index is 1.46. The van der Waals surface area contributed by atoms with Gasteiger partial charge in [-0.2, -0.15) is 0 Å². The zero-order chi connectivity index (χ0) is 17.9. The fraction of sp³-hybridized carbons (Fsp3) is 0.773. The second-order valence-electron chi connectivity index (χ2n) is 9.27. The van der Waals surface area contributed by atoms with Crippen molar-refractivity contribution in [3.63, 3.8) is 0 Å². The molecule has 0 aromatic carbocycles. The Bertz CT molecular complexity index is 683. The van der Waals surface area contributed by atoms with Crippen molar-refractivity contribution in [2.24, 2.45) is 34.2 Å². The van der Waals surface area contributed by atoms with Crippen LogP contribution < -0.4 is 0 Å². The molecule has 142 valence electrons. The molecule has 4 heteroatoms. The van der Waals surface area contributed by atoms with Crippen LogP contribution in [0.25, 0.3) is 0 Å². The summed E-state index contributed by atoms with van der Waals surface area (Å²) in [5.41, 5.74) is 2.38. The lowest BCUT2D eigenvalue weighted by molar-refractivity contribution is -0.187. The highest BCUT2D eigenvalue weighted by molar-refractivity contribution is 5.96. The molecule has 4 nitrogen and oxygen atoms in total. The van der Waals surface area contributed by atoms with Crippen molar-refractivity contribution in [1.82, 2.24) is 0 Å². The molecule has 1 spiro atoms. The van der Waals surface area contributed by atoms with E-state index in [0.717, 1.165) is 55.6 Å². The van der Waals surface area contributed by atoms with E-state index in [-0.39, 0.29) is 11.0 Å².